The van der Waals surface area contributed by atoms with Crippen molar-refractivity contribution in [3.63, 3.8) is 0 Å². The molecule has 5 nitrogen and oxygen atoms in total. The third kappa shape index (κ3) is 2.93. The van der Waals surface area contributed by atoms with Gasteiger partial charge in [0.25, 0.3) is 5.56 Å². The summed E-state index contributed by atoms with van der Waals surface area (Å²) in [4.78, 5) is 16.8. The molecule has 2 aromatic carbocycles. The first kappa shape index (κ1) is 15.5. The van der Waals surface area contributed by atoms with Crippen LogP contribution in [0.2, 0.25) is 10.0 Å². The summed E-state index contributed by atoms with van der Waals surface area (Å²) in [6, 6.07) is 9.95. The minimum absolute atomic E-state index is 0.111. The van der Waals surface area contributed by atoms with Crippen LogP contribution < -0.4 is 5.56 Å². The number of fused-ring (bicyclic) bond motifs is 1. The molecule has 23 heavy (non-hydrogen) atoms. The number of halogens is 2. The molecule has 0 fully saturated rings. The summed E-state index contributed by atoms with van der Waals surface area (Å²) >= 11 is 11.8. The van der Waals surface area contributed by atoms with E-state index in [2.05, 4.69) is 10.1 Å². The maximum absolute atomic E-state index is 12.5. The van der Waals surface area contributed by atoms with Gasteiger partial charge in [0, 0.05) is 10.6 Å². The van der Waals surface area contributed by atoms with Crippen molar-refractivity contribution < 1.29 is 5.11 Å². The standard InChI is InChI=1S/C16H11Cl2N3O2/c1-9-20-14-5-3-2-4-12(14)16(23)21(9)19-8-10-6-11(17)7-13(18)15(10)22/h2-8,22H,1H3/b19-8-. The van der Waals surface area contributed by atoms with Gasteiger partial charge in [0.15, 0.2) is 0 Å². The van der Waals surface area contributed by atoms with Crippen molar-refractivity contribution >= 4 is 40.3 Å². The average molecular weight is 348 g/mol. The SMILES string of the molecule is Cc1nc2ccccc2c(=O)n1/N=C\c1cc(Cl)cc(Cl)c1O. The van der Waals surface area contributed by atoms with Crippen molar-refractivity contribution in [1.82, 2.24) is 9.66 Å². The van der Waals surface area contributed by atoms with E-state index in [9.17, 15) is 9.90 Å². The van der Waals surface area contributed by atoms with E-state index in [0.29, 0.717) is 27.3 Å². The number of benzene rings is 2. The van der Waals surface area contributed by atoms with Gasteiger partial charge in [-0.1, -0.05) is 35.3 Å². The third-order valence-corrected chi connectivity index (χ3v) is 3.79. The van der Waals surface area contributed by atoms with Crippen LogP contribution in [0.4, 0.5) is 0 Å². The van der Waals surface area contributed by atoms with Crippen LogP contribution in [0.3, 0.4) is 0 Å². The fourth-order valence-corrected chi connectivity index (χ4v) is 2.68. The molecular formula is C16H11Cl2N3O2. The number of hydrogen-bond donors (Lipinski definition) is 1. The molecule has 1 aromatic heterocycles. The van der Waals surface area contributed by atoms with E-state index in [1.807, 2.05) is 6.07 Å². The van der Waals surface area contributed by atoms with Gasteiger partial charge in [-0.05, 0) is 31.2 Å². The Hall–Kier alpha value is -2.37. The van der Waals surface area contributed by atoms with Crippen LogP contribution in [0.25, 0.3) is 10.9 Å². The smallest absolute Gasteiger partial charge is 0.282 e. The number of rotatable bonds is 2. The summed E-state index contributed by atoms with van der Waals surface area (Å²) in [7, 11) is 0. The molecule has 0 amide bonds. The second-order valence-electron chi connectivity index (χ2n) is 4.86. The van der Waals surface area contributed by atoms with Crippen LogP contribution in [0.1, 0.15) is 11.4 Å². The lowest BCUT2D eigenvalue weighted by molar-refractivity contribution is 0.474. The van der Waals surface area contributed by atoms with Gasteiger partial charge in [-0.3, -0.25) is 4.79 Å². The summed E-state index contributed by atoms with van der Waals surface area (Å²) in [6.45, 7) is 1.68. The highest BCUT2D eigenvalue weighted by atomic mass is 35.5. The van der Waals surface area contributed by atoms with Crippen molar-refractivity contribution in [2.45, 2.75) is 6.92 Å². The number of hydrogen-bond acceptors (Lipinski definition) is 4. The fraction of sp³-hybridized carbons (Fsp3) is 0.0625. The van der Waals surface area contributed by atoms with Gasteiger partial charge in [-0.2, -0.15) is 9.78 Å². The molecule has 1 heterocycles. The summed E-state index contributed by atoms with van der Waals surface area (Å²) in [6.07, 6.45) is 1.32. The first-order chi connectivity index (χ1) is 11.0. The molecule has 0 saturated carbocycles. The Kier molecular flexibility index (Phi) is 4.07. The zero-order valence-corrected chi connectivity index (χ0v) is 13.5. The minimum Gasteiger partial charge on any atom is -0.506 e. The van der Waals surface area contributed by atoms with Crippen molar-refractivity contribution in [3.8, 4) is 5.75 Å². The number of aryl methyl sites for hydroxylation is 1. The van der Waals surface area contributed by atoms with E-state index in [4.69, 9.17) is 23.2 Å². The van der Waals surface area contributed by atoms with Crippen LogP contribution in [-0.2, 0) is 0 Å². The van der Waals surface area contributed by atoms with Crippen molar-refractivity contribution in [2.75, 3.05) is 0 Å². The molecule has 0 radical (unpaired) electrons. The molecule has 3 rings (SSSR count). The lowest BCUT2D eigenvalue weighted by Crippen LogP contribution is -2.20. The van der Waals surface area contributed by atoms with Crippen molar-refractivity contribution in [3.05, 3.63) is 68.2 Å². The third-order valence-electron chi connectivity index (χ3n) is 3.29. The van der Waals surface area contributed by atoms with Gasteiger partial charge in [0.1, 0.15) is 11.6 Å². The highest BCUT2D eigenvalue weighted by Crippen LogP contribution is 2.30. The Morgan fingerprint density at radius 1 is 1.26 bits per heavy atom. The van der Waals surface area contributed by atoms with E-state index in [0.717, 1.165) is 4.68 Å². The van der Waals surface area contributed by atoms with E-state index < -0.39 is 0 Å². The predicted octanol–water partition coefficient (Wildman–Crippen LogP) is 3.60. The summed E-state index contributed by atoms with van der Waals surface area (Å²) in [5.41, 5.74) is 0.619. The van der Waals surface area contributed by atoms with E-state index in [1.165, 1.54) is 18.3 Å². The van der Waals surface area contributed by atoms with Gasteiger partial charge in [-0.25, -0.2) is 4.98 Å². The number of aromatic nitrogens is 2. The minimum atomic E-state index is -0.294. The molecule has 0 aliphatic heterocycles. The number of aromatic hydroxyl groups is 1. The predicted molar refractivity (Wildman–Crippen MR) is 91.9 cm³/mol. The normalized spacial score (nSPS) is 11.4. The largest absolute Gasteiger partial charge is 0.506 e. The Morgan fingerprint density at radius 2 is 2.00 bits per heavy atom. The zero-order valence-electron chi connectivity index (χ0n) is 12.0. The second kappa shape index (κ2) is 6.02. The Morgan fingerprint density at radius 3 is 2.78 bits per heavy atom. The molecule has 7 heteroatoms. The topological polar surface area (TPSA) is 67.5 Å². The van der Waals surface area contributed by atoms with Crippen LogP contribution in [0.15, 0.2) is 46.3 Å². The quantitative estimate of drug-likeness (QED) is 0.720. The number of phenolic OH excluding ortho intramolecular Hbond substituents is 1. The summed E-state index contributed by atoms with van der Waals surface area (Å²) in [5, 5.41) is 15.0. The second-order valence-corrected chi connectivity index (χ2v) is 5.71. The summed E-state index contributed by atoms with van der Waals surface area (Å²) in [5.74, 6) is 0.275. The highest BCUT2D eigenvalue weighted by molar-refractivity contribution is 6.36. The van der Waals surface area contributed by atoms with Gasteiger partial charge in [-0.15, -0.1) is 0 Å². The lowest BCUT2D eigenvalue weighted by Gasteiger charge is -2.06. The van der Waals surface area contributed by atoms with Crippen LogP contribution in [0, 0.1) is 6.92 Å². The molecule has 0 aliphatic carbocycles. The Bertz CT molecular complexity index is 997. The number of para-hydroxylation sites is 1. The number of nitrogens with zero attached hydrogens (tertiary/aromatic N) is 3. The first-order valence-electron chi connectivity index (χ1n) is 6.68. The fourth-order valence-electron chi connectivity index (χ4n) is 2.17. The first-order valence-corrected chi connectivity index (χ1v) is 7.43. The van der Waals surface area contributed by atoms with Crippen molar-refractivity contribution in [1.29, 1.82) is 0 Å². The lowest BCUT2D eigenvalue weighted by atomic mass is 10.2. The molecule has 0 aliphatic rings. The van der Waals surface area contributed by atoms with Gasteiger partial charge in [0.2, 0.25) is 0 Å². The number of phenols is 1. The monoisotopic (exact) mass is 347 g/mol. The maximum Gasteiger partial charge on any atom is 0.282 e. The molecule has 0 saturated heterocycles. The molecular weight excluding hydrogens is 337 g/mol. The van der Waals surface area contributed by atoms with Crippen LogP contribution in [-0.4, -0.2) is 21.0 Å². The Labute approximate surface area is 141 Å². The van der Waals surface area contributed by atoms with E-state index in [-0.39, 0.29) is 16.3 Å². The zero-order chi connectivity index (χ0) is 16.6. The van der Waals surface area contributed by atoms with Crippen LogP contribution >= 0.6 is 23.2 Å². The van der Waals surface area contributed by atoms with E-state index >= 15 is 0 Å². The molecule has 0 unspecified atom stereocenters. The van der Waals surface area contributed by atoms with Gasteiger partial charge < -0.3 is 5.11 Å². The Balaban J connectivity index is 2.14. The van der Waals surface area contributed by atoms with Gasteiger partial charge >= 0.3 is 0 Å². The van der Waals surface area contributed by atoms with Crippen LogP contribution in [0.5, 0.6) is 5.75 Å². The molecule has 116 valence electrons. The molecule has 1 N–H and O–H groups in total. The summed E-state index contributed by atoms with van der Waals surface area (Å²) < 4.78 is 1.16. The molecule has 3 aromatic rings. The van der Waals surface area contributed by atoms with Gasteiger partial charge in [0.05, 0.1) is 22.1 Å². The average Bonchev–Trinajstić information content (AvgIpc) is 2.51. The highest BCUT2D eigenvalue weighted by Gasteiger charge is 2.08. The molecule has 0 spiro atoms. The van der Waals surface area contributed by atoms with Crippen molar-refractivity contribution in [2.24, 2.45) is 5.10 Å². The molecule has 0 atom stereocenters. The molecule has 0 bridgehead atoms. The van der Waals surface area contributed by atoms with E-state index in [1.54, 1.807) is 25.1 Å². The maximum atomic E-state index is 12.5.